The number of urea groups is 1. The molecule has 2 rings (SSSR count). The summed E-state index contributed by atoms with van der Waals surface area (Å²) in [6.45, 7) is 1.32. The van der Waals surface area contributed by atoms with Crippen LogP contribution in [0.15, 0.2) is 47.1 Å². The summed E-state index contributed by atoms with van der Waals surface area (Å²) in [7, 11) is 1.34. The topological polar surface area (TPSA) is 127 Å². The van der Waals surface area contributed by atoms with Gasteiger partial charge in [-0.25, -0.2) is 9.59 Å². The highest BCUT2D eigenvalue weighted by Crippen LogP contribution is 2.18. The Morgan fingerprint density at radius 2 is 1.81 bits per heavy atom. The zero-order chi connectivity index (χ0) is 19.1. The van der Waals surface area contributed by atoms with Gasteiger partial charge in [-0.3, -0.25) is 14.9 Å². The van der Waals surface area contributed by atoms with Crippen LogP contribution in [-0.4, -0.2) is 37.0 Å². The van der Waals surface area contributed by atoms with Crippen molar-refractivity contribution in [3.63, 3.8) is 0 Å². The van der Waals surface area contributed by atoms with Crippen LogP contribution in [0.25, 0.3) is 0 Å². The quantitative estimate of drug-likeness (QED) is 0.695. The van der Waals surface area contributed by atoms with Crippen molar-refractivity contribution in [1.29, 1.82) is 0 Å². The number of hydrogen-bond donors (Lipinski definition) is 3. The Kier molecular flexibility index (Phi) is 6.10. The molecule has 0 spiro atoms. The summed E-state index contributed by atoms with van der Waals surface area (Å²) in [5, 5.41) is 6.75. The standard InChI is InChI=1S/C17H17N3O6/c1-10(14(21)20-17(24)18-2)26-16(23)11-6-3-4-7-12(11)19-15(22)13-8-5-9-25-13/h3-10H,1-2H3,(H,19,22)(H2,18,20,21,24)/t10-/m0/s1. The first-order valence-corrected chi connectivity index (χ1v) is 7.59. The molecule has 4 amide bonds. The summed E-state index contributed by atoms with van der Waals surface area (Å²) in [6.07, 6.45) is 0.135. The molecule has 0 fully saturated rings. The number of imide groups is 1. The fourth-order valence-electron chi connectivity index (χ4n) is 1.92. The molecule has 136 valence electrons. The maximum absolute atomic E-state index is 12.3. The highest BCUT2D eigenvalue weighted by molar-refractivity contribution is 6.07. The van der Waals surface area contributed by atoms with Gasteiger partial charge in [0.15, 0.2) is 11.9 Å². The van der Waals surface area contributed by atoms with E-state index in [-0.39, 0.29) is 17.0 Å². The molecule has 0 aliphatic carbocycles. The van der Waals surface area contributed by atoms with Crippen LogP contribution >= 0.6 is 0 Å². The Bertz CT molecular complexity index is 816. The molecular weight excluding hydrogens is 342 g/mol. The first-order valence-electron chi connectivity index (χ1n) is 7.59. The molecule has 1 aromatic heterocycles. The van der Waals surface area contributed by atoms with Crippen molar-refractivity contribution >= 4 is 29.5 Å². The van der Waals surface area contributed by atoms with Crippen LogP contribution in [0.4, 0.5) is 10.5 Å². The maximum atomic E-state index is 12.3. The van der Waals surface area contributed by atoms with Crippen LogP contribution in [0.2, 0.25) is 0 Å². The number of rotatable bonds is 5. The minimum absolute atomic E-state index is 0.0481. The van der Waals surface area contributed by atoms with Gasteiger partial charge in [-0.15, -0.1) is 0 Å². The largest absolute Gasteiger partial charge is 0.459 e. The monoisotopic (exact) mass is 359 g/mol. The van der Waals surface area contributed by atoms with Crippen molar-refractivity contribution in [2.75, 3.05) is 12.4 Å². The Morgan fingerprint density at radius 1 is 1.08 bits per heavy atom. The molecule has 0 saturated heterocycles. The average molecular weight is 359 g/mol. The van der Waals surface area contributed by atoms with Gasteiger partial charge in [0.1, 0.15) is 0 Å². The van der Waals surface area contributed by atoms with E-state index in [0.29, 0.717) is 0 Å². The fourth-order valence-corrected chi connectivity index (χ4v) is 1.92. The van der Waals surface area contributed by atoms with Crippen molar-refractivity contribution < 1.29 is 28.3 Å². The molecule has 0 aliphatic heterocycles. The zero-order valence-corrected chi connectivity index (χ0v) is 14.1. The molecule has 0 radical (unpaired) electrons. The molecule has 0 aliphatic rings. The van der Waals surface area contributed by atoms with Crippen molar-refractivity contribution in [3.8, 4) is 0 Å². The number of hydrogen-bond acceptors (Lipinski definition) is 6. The van der Waals surface area contributed by atoms with Gasteiger partial charge in [-0.1, -0.05) is 12.1 Å². The summed E-state index contributed by atoms with van der Waals surface area (Å²) >= 11 is 0. The van der Waals surface area contributed by atoms with E-state index in [4.69, 9.17) is 9.15 Å². The summed E-state index contributed by atoms with van der Waals surface area (Å²) in [5.74, 6) is -2.08. The van der Waals surface area contributed by atoms with Crippen LogP contribution in [0, 0.1) is 0 Å². The van der Waals surface area contributed by atoms with Crippen molar-refractivity contribution in [2.24, 2.45) is 0 Å². The van der Waals surface area contributed by atoms with Gasteiger partial charge in [0.05, 0.1) is 17.5 Å². The molecule has 1 atom stereocenters. The number of carbonyl (C=O) groups excluding carboxylic acids is 4. The normalized spacial score (nSPS) is 11.2. The molecule has 1 heterocycles. The molecule has 3 N–H and O–H groups in total. The van der Waals surface area contributed by atoms with Crippen LogP contribution in [-0.2, 0) is 9.53 Å². The lowest BCUT2D eigenvalue weighted by atomic mass is 10.1. The average Bonchev–Trinajstić information content (AvgIpc) is 3.16. The number of para-hydroxylation sites is 1. The lowest BCUT2D eigenvalue weighted by Gasteiger charge is -2.14. The van der Waals surface area contributed by atoms with Gasteiger partial charge in [0.2, 0.25) is 0 Å². The summed E-state index contributed by atoms with van der Waals surface area (Å²) < 4.78 is 10.0. The Balaban J connectivity index is 2.08. The lowest BCUT2D eigenvalue weighted by molar-refractivity contribution is -0.127. The third-order valence-corrected chi connectivity index (χ3v) is 3.26. The van der Waals surface area contributed by atoms with Gasteiger partial charge >= 0.3 is 12.0 Å². The van der Waals surface area contributed by atoms with Crippen LogP contribution < -0.4 is 16.0 Å². The van der Waals surface area contributed by atoms with Crippen molar-refractivity contribution in [3.05, 3.63) is 54.0 Å². The molecular formula is C17H17N3O6. The number of ether oxygens (including phenoxy) is 1. The molecule has 2 aromatic rings. The minimum Gasteiger partial charge on any atom is -0.459 e. The number of benzene rings is 1. The zero-order valence-electron chi connectivity index (χ0n) is 14.1. The highest BCUT2D eigenvalue weighted by Gasteiger charge is 2.22. The van der Waals surface area contributed by atoms with E-state index in [1.807, 2.05) is 5.32 Å². The van der Waals surface area contributed by atoms with Crippen LogP contribution in [0.1, 0.15) is 27.8 Å². The molecule has 9 nitrogen and oxygen atoms in total. The number of esters is 1. The number of nitrogens with one attached hydrogen (secondary N) is 3. The SMILES string of the molecule is CNC(=O)NC(=O)[C@H](C)OC(=O)c1ccccc1NC(=O)c1ccco1. The van der Waals surface area contributed by atoms with E-state index >= 15 is 0 Å². The van der Waals surface area contributed by atoms with Crippen LogP contribution in [0.5, 0.6) is 0 Å². The summed E-state index contributed by atoms with van der Waals surface area (Å²) in [6, 6.07) is 8.45. The fraction of sp³-hybridized carbons (Fsp3) is 0.176. The van der Waals surface area contributed by atoms with Crippen molar-refractivity contribution in [1.82, 2.24) is 10.6 Å². The molecule has 26 heavy (non-hydrogen) atoms. The van der Waals surface area contributed by atoms with E-state index < -0.39 is 29.9 Å². The predicted octanol–water partition coefficient (Wildman–Crippen LogP) is 1.53. The summed E-state index contributed by atoms with van der Waals surface area (Å²) in [5.41, 5.74) is 0.241. The Labute approximate surface area is 148 Å². The van der Waals surface area contributed by atoms with E-state index in [9.17, 15) is 19.2 Å². The van der Waals surface area contributed by atoms with E-state index in [1.54, 1.807) is 18.2 Å². The second kappa shape index (κ2) is 8.47. The Hall–Kier alpha value is -3.62. The molecule has 1 aromatic carbocycles. The predicted molar refractivity (Wildman–Crippen MR) is 90.6 cm³/mol. The van der Waals surface area contributed by atoms with Crippen molar-refractivity contribution in [2.45, 2.75) is 13.0 Å². The van der Waals surface area contributed by atoms with Gasteiger partial charge in [0.25, 0.3) is 11.8 Å². The number of carbonyl (C=O) groups is 4. The highest BCUT2D eigenvalue weighted by atomic mass is 16.5. The second-order valence-electron chi connectivity index (χ2n) is 5.09. The second-order valence-corrected chi connectivity index (χ2v) is 5.09. The van der Waals surface area contributed by atoms with E-state index in [0.717, 1.165) is 0 Å². The molecule has 0 saturated carbocycles. The van der Waals surface area contributed by atoms with E-state index in [2.05, 4.69) is 10.6 Å². The third kappa shape index (κ3) is 4.69. The minimum atomic E-state index is -1.21. The summed E-state index contributed by atoms with van der Waals surface area (Å²) in [4.78, 5) is 47.3. The lowest BCUT2D eigenvalue weighted by Crippen LogP contribution is -2.43. The number of amides is 4. The molecule has 9 heteroatoms. The first-order chi connectivity index (χ1) is 12.4. The Morgan fingerprint density at radius 3 is 2.46 bits per heavy atom. The van der Waals surface area contributed by atoms with Gasteiger partial charge in [0, 0.05) is 7.05 Å². The molecule has 0 unspecified atom stereocenters. The third-order valence-electron chi connectivity index (χ3n) is 3.26. The number of anilines is 1. The molecule has 0 bridgehead atoms. The number of furan rings is 1. The maximum Gasteiger partial charge on any atom is 0.341 e. The van der Waals surface area contributed by atoms with Gasteiger partial charge < -0.3 is 19.8 Å². The van der Waals surface area contributed by atoms with Gasteiger partial charge in [-0.2, -0.15) is 0 Å². The van der Waals surface area contributed by atoms with Crippen LogP contribution in [0.3, 0.4) is 0 Å². The smallest absolute Gasteiger partial charge is 0.341 e. The van der Waals surface area contributed by atoms with E-state index in [1.165, 1.54) is 38.4 Å². The first kappa shape index (κ1) is 18.7. The van der Waals surface area contributed by atoms with Gasteiger partial charge in [-0.05, 0) is 31.2 Å².